The van der Waals surface area contributed by atoms with Gasteiger partial charge in [-0.2, -0.15) is 0 Å². The van der Waals surface area contributed by atoms with Crippen molar-refractivity contribution in [3.63, 3.8) is 0 Å². The number of carbonyl (C=O) groups excluding carboxylic acids is 1. The Balaban J connectivity index is 1.32. The van der Waals surface area contributed by atoms with E-state index in [1.54, 1.807) is 0 Å². The largest absolute Gasteiger partial charge is 0.374 e. The van der Waals surface area contributed by atoms with Crippen LogP contribution >= 0.6 is 22.7 Å². The number of aryl methyl sites for hydroxylation is 3. The lowest BCUT2D eigenvalue weighted by Crippen LogP contribution is -2.12. The van der Waals surface area contributed by atoms with Gasteiger partial charge in [0, 0.05) is 19.3 Å². The standard InChI is InChI=1S/C18H22N6OS2/c19-17-23-21-15(26-17)9-5-2-6-10-16-22-24-18(27-16)20-14(25)12-11-13-7-3-1-4-8-13/h1,3-4,7-8H,2,5-6,9-12H2,(H2,19,23)(H,20,24,25). The molecule has 0 saturated heterocycles. The van der Waals surface area contributed by atoms with Crippen LogP contribution in [0.15, 0.2) is 30.3 Å². The summed E-state index contributed by atoms with van der Waals surface area (Å²) in [5.41, 5.74) is 6.73. The molecule has 1 aromatic carbocycles. The molecule has 1 amide bonds. The average Bonchev–Trinajstić information content (AvgIpc) is 3.29. The molecule has 2 heterocycles. The maximum Gasteiger partial charge on any atom is 0.226 e. The third-order valence-corrected chi connectivity index (χ3v) is 5.67. The Kier molecular flexibility index (Phi) is 7.23. The lowest BCUT2D eigenvalue weighted by Gasteiger charge is -2.01. The molecule has 3 aromatic rings. The van der Waals surface area contributed by atoms with Crippen LogP contribution in [-0.4, -0.2) is 26.3 Å². The minimum atomic E-state index is -0.0297. The predicted octanol–water partition coefficient (Wildman–Crippen LogP) is 3.50. The summed E-state index contributed by atoms with van der Waals surface area (Å²) in [6, 6.07) is 9.98. The number of benzene rings is 1. The maximum absolute atomic E-state index is 12.0. The molecule has 0 aliphatic rings. The van der Waals surface area contributed by atoms with E-state index in [9.17, 15) is 4.79 Å². The number of anilines is 2. The van der Waals surface area contributed by atoms with Crippen LogP contribution in [0.3, 0.4) is 0 Å². The van der Waals surface area contributed by atoms with Crippen molar-refractivity contribution in [3.8, 4) is 0 Å². The van der Waals surface area contributed by atoms with E-state index in [0.717, 1.165) is 54.1 Å². The van der Waals surface area contributed by atoms with Crippen LogP contribution in [0.1, 0.15) is 41.3 Å². The Morgan fingerprint density at radius 1 is 0.889 bits per heavy atom. The fourth-order valence-electron chi connectivity index (χ4n) is 2.59. The van der Waals surface area contributed by atoms with Gasteiger partial charge < -0.3 is 11.1 Å². The fraction of sp³-hybridized carbons (Fsp3) is 0.389. The number of nitrogen functional groups attached to an aromatic ring is 1. The van der Waals surface area contributed by atoms with Crippen molar-refractivity contribution < 1.29 is 4.79 Å². The molecular formula is C18H22N6OS2. The number of nitrogens with zero attached hydrogens (tertiary/aromatic N) is 4. The maximum atomic E-state index is 12.0. The third-order valence-electron chi connectivity index (χ3n) is 3.96. The van der Waals surface area contributed by atoms with Gasteiger partial charge in [0.15, 0.2) is 0 Å². The Labute approximate surface area is 166 Å². The van der Waals surface area contributed by atoms with Gasteiger partial charge in [-0.1, -0.05) is 59.4 Å². The third kappa shape index (κ3) is 6.69. The highest BCUT2D eigenvalue weighted by Gasteiger charge is 2.09. The van der Waals surface area contributed by atoms with Crippen molar-refractivity contribution >= 4 is 38.8 Å². The van der Waals surface area contributed by atoms with Crippen molar-refractivity contribution in [2.75, 3.05) is 11.1 Å². The van der Waals surface area contributed by atoms with Gasteiger partial charge >= 0.3 is 0 Å². The van der Waals surface area contributed by atoms with E-state index in [2.05, 4.69) is 25.7 Å². The lowest BCUT2D eigenvalue weighted by atomic mass is 10.1. The molecule has 27 heavy (non-hydrogen) atoms. The van der Waals surface area contributed by atoms with E-state index >= 15 is 0 Å². The summed E-state index contributed by atoms with van der Waals surface area (Å²) in [5.74, 6) is -0.0297. The number of rotatable bonds is 10. The van der Waals surface area contributed by atoms with E-state index in [1.165, 1.54) is 22.7 Å². The van der Waals surface area contributed by atoms with Gasteiger partial charge in [0.2, 0.25) is 16.2 Å². The van der Waals surface area contributed by atoms with Gasteiger partial charge in [-0.25, -0.2) is 0 Å². The second-order valence-corrected chi connectivity index (χ2v) is 8.29. The van der Waals surface area contributed by atoms with E-state index in [4.69, 9.17) is 5.73 Å². The van der Waals surface area contributed by atoms with E-state index < -0.39 is 0 Å². The molecule has 0 unspecified atom stereocenters. The van der Waals surface area contributed by atoms with Gasteiger partial charge in [-0.3, -0.25) is 4.79 Å². The highest BCUT2D eigenvalue weighted by Crippen LogP contribution is 2.19. The van der Waals surface area contributed by atoms with Crippen LogP contribution in [0.25, 0.3) is 0 Å². The topological polar surface area (TPSA) is 107 Å². The molecule has 0 aliphatic heterocycles. The molecule has 3 rings (SSSR count). The van der Waals surface area contributed by atoms with Crippen molar-refractivity contribution in [1.29, 1.82) is 0 Å². The summed E-state index contributed by atoms with van der Waals surface area (Å²) in [5, 5.41) is 21.9. The molecule has 0 fully saturated rings. The number of nitrogens with one attached hydrogen (secondary N) is 1. The fourth-order valence-corrected chi connectivity index (χ4v) is 4.04. The molecule has 2 aromatic heterocycles. The zero-order valence-corrected chi connectivity index (χ0v) is 16.6. The Bertz CT molecular complexity index is 848. The number of aromatic nitrogens is 4. The van der Waals surface area contributed by atoms with Crippen molar-refractivity contribution in [3.05, 3.63) is 45.9 Å². The normalized spacial score (nSPS) is 10.8. The minimum absolute atomic E-state index is 0.0297. The highest BCUT2D eigenvalue weighted by molar-refractivity contribution is 7.15. The second kappa shape index (κ2) is 10.1. The summed E-state index contributed by atoms with van der Waals surface area (Å²) >= 11 is 2.90. The predicted molar refractivity (Wildman–Crippen MR) is 109 cm³/mol. The first-order valence-corrected chi connectivity index (χ1v) is 10.6. The van der Waals surface area contributed by atoms with Gasteiger partial charge in [0.25, 0.3) is 0 Å². The molecule has 3 N–H and O–H groups in total. The van der Waals surface area contributed by atoms with Crippen LogP contribution in [0.5, 0.6) is 0 Å². The van der Waals surface area contributed by atoms with E-state index in [0.29, 0.717) is 16.7 Å². The quantitative estimate of drug-likeness (QED) is 0.503. The molecule has 9 heteroatoms. The smallest absolute Gasteiger partial charge is 0.226 e. The van der Waals surface area contributed by atoms with Gasteiger partial charge in [-0.05, 0) is 24.8 Å². The molecule has 142 valence electrons. The molecule has 0 radical (unpaired) electrons. The Morgan fingerprint density at radius 2 is 1.59 bits per heavy atom. The number of nitrogens with two attached hydrogens (primary N) is 1. The summed E-state index contributed by atoms with van der Waals surface area (Å²) < 4.78 is 0. The first-order chi connectivity index (χ1) is 13.2. The average molecular weight is 403 g/mol. The van der Waals surface area contributed by atoms with Crippen molar-refractivity contribution in [2.24, 2.45) is 0 Å². The summed E-state index contributed by atoms with van der Waals surface area (Å²) in [4.78, 5) is 12.0. The molecular weight excluding hydrogens is 380 g/mol. The van der Waals surface area contributed by atoms with Crippen LogP contribution in [0.2, 0.25) is 0 Å². The molecule has 0 bridgehead atoms. The van der Waals surface area contributed by atoms with Gasteiger partial charge in [0.05, 0.1) is 0 Å². The molecule has 0 aliphatic carbocycles. The van der Waals surface area contributed by atoms with Crippen molar-refractivity contribution in [2.45, 2.75) is 44.9 Å². The molecule has 0 spiro atoms. The number of hydrogen-bond acceptors (Lipinski definition) is 8. The number of amides is 1. The number of hydrogen-bond donors (Lipinski definition) is 2. The zero-order valence-electron chi connectivity index (χ0n) is 14.9. The van der Waals surface area contributed by atoms with Gasteiger partial charge in [-0.15, -0.1) is 20.4 Å². The van der Waals surface area contributed by atoms with Crippen LogP contribution < -0.4 is 11.1 Å². The van der Waals surface area contributed by atoms with Crippen LogP contribution in [-0.2, 0) is 24.1 Å². The lowest BCUT2D eigenvalue weighted by molar-refractivity contribution is -0.116. The Morgan fingerprint density at radius 3 is 2.30 bits per heavy atom. The van der Waals surface area contributed by atoms with E-state index in [-0.39, 0.29) is 5.91 Å². The Hall–Kier alpha value is -2.39. The first kappa shape index (κ1) is 19.4. The highest BCUT2D eigenvalue weighted by atomic mass is 32.1. The SMILES string of the molecule is Nc1nnc(CCCCCc2nnc(NC(=O)CCc3ccccc3)s2)s1. The van der Waals surface area contributed by atoms with Crippen molar-refractivity contribution in [1.82, 2.24) is 20.4 Å². The summed E-state index contributed by atoms with van der Waals surface area (Å²) in [6.45, 7) is 0. The van der Waals surface area contributed by atoms with Gasteiger partial charge in [0.1, 0.15) is 10.0 Å². The molecule has 0 saturated carbocycles. The first-order valence-electron chi connectivity index (χ1n) is 8.93. The minimum Gasteiger partial charge on any atom is -0.374 e. The van der Waals surface area contributed by atoms with Crippen LogP contribution in [0, 0.1) is 0 Å². The molecule has 0 atom stereocenters. The van der Waals surface area contributed by atoms with E-state index in [1.807, 2.05) is 30.3 Å². The number of unbranched alkanes of at least 4 members (excludes halogenated alkanes) is 2. The second-order valence-electron chi connectivity index (χ2n) is 6.13. The summed E-state index contributed by atoms with van der Waals surface area (Å²) in [7, 11) is 0. The zero-order chi connectivity index (χ0) is 18.9. The number of carbonyl (C=O) groups is 1. The monoisotopic (exact) mass is 402 g/mol. The summed E-state index contributed by atoms with van der Waals surface area (Å²) in [6.07, 6.45) is 6.11. The van der Waals surface area contributed by atoms with Crippen LogP contribution in [0.4, 0.5) is 10.3 Å². The molecule has 7 nitrogen and oxygen atoms in total.